The van der Waals surface area contributed by atoms with Gasteiger partial charge in [0.05, 0.1) is 6.61 Å². The van der Waals surface area contributed by atoms with Crippen LogP contribution in [0.4, 0.5) is 13.2 Å². The van der Waals surface area contributed by atoms with Gasteiger partial charge >= 0.3 is 6.18 Å². The van der Waals surface area contributed by atoms with Crippen LogP contribution < -0.4 is 10.6 Å². The van der Waals surface area contributed by atoms with Crippen LogP contribution >= 0.6 is 0 Å². The summed E-state index contributed by atoms with van der Waals surface area (Å²) in [7, 11) is 0. The third-order valence-corrected chi connectivity index (χ3v) is 2.49. The molecule has 7 heteroatoms. The van der Waals surface area contributed by atoms with Gasteiger partial charge in [-0.1, -0.05) is 0 Å². The van der Waals surface area contributed by atoms with E-state index >= 15 is 0 Å². The first-order chi connectivity index (χ1) is 7.97. The normalized spacial score (nSPS) is 20.5. The summed E-state index contributed by atoms with van der Waals surface area (Å²) >= 11 is 0. The molecule has 0 aromatic heterocycles. The number of amides is 1. The minimum absolute atomic E-state index is 0.0315. The van der Waals surface area contributed by atoms with Crippen LogP contribution in [-0.4, -0.2) is 44.9 Å². The van der Waals surface area contributed by atoms with Gasteiger partial charge in [0.2, 0.25) is 5.91 Å². The third-order valence-electron chi connectivity index (χ3n) is 2.49. The molecule has 17 heavy (non-hydrogen) atoms. The van der Waals surface area contributed by atoms with Gasteiger partial charge in [-0.3, -0.25) is 4.79 Å². The number of halogens is 3. The summed E-state index contributed by atoms with van der Waals surface area (Å²) in [5.41, 5.74) is 0. The summed E-state index contributed by atoms with van der Waals surface area (Å²) in [6.07, 6.45) is -3.34. The molecule has 0 bridgehead atoms. The average molecular weight is 254 g/mol. The van der Waals surface area contributed by atoms with Gasteiger partial charge in [-0.05, 0) is 25.4 Å². The minimum Gasteiger partial charge on any atom is -0.372 e. The van der Waals surface area contributed by atoms with Crippen LogP contribution in [0.15, 0.2) is 0 Å². The monoisotopic (exact) mass is 254 g/mol. The lowest BCUT2D eigenvalue weighted by atomic mass is 10.1. The Hall–Kier alpha value is -0.820. The predicted octanol–water partition coefficient (Wildman–Crippen LogP) is 0.681. The first kappa shape index (κ1) is 14.2. The van der Waals surface area contributed by atoms with Gasteiger partial charge in [0.25, 0.3) is 0 Å². The van der Waals surface area contributed by atoms with Crippen LogP contribution in [-0.2, 0) is 9.53 Å². The molecule has 1 rings (SSSR count). The Morgan fingerprint density at radius 1 is 1.47 bits per heavy atom. The molecule has 100 valence electrons. The van der Waals surface area contributed by atoms with E-state index in [4.69, 9.17) is 0 Å². The van der Waals surface area contributed by atoms with E-state index in [1.807, 2.05) is 0 Å². The zero-order valence-corrected chi connectivity index (χ0v) is 9.48. The molecule has 4 nitrogen and oxygen atoms in total. The lowest BCUT2D eigenvalue weighted by molar-refractivity contribution is -0.174. The second kappa shape index (κ2) is 6.80. The second-order valence-electron chi connectivity index (χ2n) is 4.08. The zero-order valence-electron chi connectivity index (χ0n) is 9.48. The zero-order chi connectivity index (χ0) is 12.7. The fourth-order valence-electron chi connectivity index (χ4n) is 1.59. The number of alkyl halides is 3. The van der Waals surface area contributed by atoms with Crippen LogP contribution in [0.5, 0.6) is 0 Å². The predicted molar refractivity (Wildman–Crippen MR) is 55.5 cm³/mol. The van der Waals surface area contributed by atoms with Gasteiger partial charge in [0.1, 0.15) is 6.61 Å². The minimum atomic E-state index is -4.33. The Morgan fingerprint density at radius 2 is 2.24 bits per heavy atom. The maximum absolute atomic E-state index is 11.7. The lowest BCUT2D eigenvalue weighted by Crippen LogP contribution is -2.31. The third kappa shape index (κ3) is 7.17. The van der Waals surface area contributed by atoms with Gasteiger partial charge in [-0.15, -0.1) is 0 Å². The Balaban J connectivity index is 1.97. The maximum Gasteiger partial charge on any atom is 0.411 e. The molecule has 1 fully saturated rings. The van der Waals surface area contributed by atoms with Gasteiger partial charge < -0.3 is 15.4 Å². The molecule has 0 aliphatic carbocycles. The highest BCUT2D eigenvalue weighted by molar-refractivity contribution is 5.75. The van der Waals surface area contributed by atoms with Crippen molar-refractivity contribution in [2.45, 2.75) is 19.0 Å². The summed E-state index contributed by atoms with van der Waals surface area (Å²) in [5.74, 6) is 0.161. The summed E-state index contributed by atoms with van der Waals surface area (Å²) in [4.78, 5) is 11.2. The highest BCUT2D eigenvalue weighted by Gasteiger charge is 2.27. The van der Waals surface area contributed by atoms with Gasteiger partial charge in [-0.2, -0.15) is 13.2 Å². The first-order valence-corrected chi connectivity index (χ1v) is 5.59. The van der Waals surface area contributed by atoms with E-state index in [1.54, 1.807) is 0 Å². The molecule has 1 amide bonds. The number of carbonyl (C=O) groups is 1. The van der Waals surface area contributed by atoms with Crippen molar-refractivity contribution >= 4 is 5.91 Å². The van der Waals surface area contributed by atoms with Crippen LogP contribution in [0.1, 0.15) is 12.8 Å². The number of nitrogens with one attached hydrogen (secondary N) is 2. The molecular weight excluding hydrogens is 237 g/mol. The van der Waals surface area contributed by atoms with Crippen molar-refractivity contribution in [3.05, 3.63) is 0 Å². The molecule has 0 aromatic rings. The largest absolute Gasteiger partial charge is 0.411 e. The Bertz CT molecular complexity index is 240. The van der Waals surface area contributed by atoms with Crippen molar-refractivity contribution in [2.24, 2.45) is 5.92 Å². The Labute approximate surface area is 97.9 Å². The van der Waals surface area contributed by atoms with E-state index in [9.17, 15) is 18.0 Å². The second-order valence-corrected chi connectivity index (χ2v) is 4.08. The number of hydrogen-bond acceptors (Lipinski definition) is 3. The molecule has 0 saturated carbocycles. The molecular formula is C10H17F3N2O2. The van der Waals surface area contributed by atoms with Gasteiger partial charge in [0.15, 0.2) is 0 Å². The molecule has 1 aliphatic rings. The molecule has 0 radical (unpaired) electrons. The highest BCUT2D eigenvalue weighted by Crippen LogP contribution is 2.14. The van der Waals surface area contributed by atoms with Crippen LogP contribution in [0.2, 0.25) is 0 Å². The van der Waals surface area contributed by atoms with Crippen molar-refractivity contribution in [3.63, 3.8) is 0 Å². The Morgan fingerprint density at radius 3 is 2.82 bits per heavy atom. The van der Waals surface area contributed by atoms with E-state index in [0.29, 0.717) is 12.5 Å². The smallest absolute Gasteiger partial charge is 0.372 e. The number of hydrogen-bond donors (Lipinski definition) is 2. The average Bonchev–Trinajstić information content (AvgIpc) is 2.73. The van der Waals surface area contributed by atoms with E-state index in [0.717, 1.165) is 19.5 Å². The van der Waals surface area contributed by atoms with Gasteiger partial charge in [-0.25, -0.2) is 0 Å². The molecule has 0 spiro atoms. The van der Waals surface area contributed by atoms with E-state index in [1.165, 1.54) is 0 Å². The van der Waals surface area contributed by atoms with Crippen molar-refractivity contribution in [1.82, 2.24) is 10.6 Å². The number of carbonyl (C=O) groups excluding carboxylic acids is 1. The summed E-state index contributed by atoms with van der Waals surface area (Å²) in [6.45, 7) is 0.909. The fraction of sp³-hybridized carbons (Fsp3) is 0.900. The maximum atomic E-state index is 11.7. The molecule has 0 aromatic carbocycles. The van der Waals surface area contributed by atoms with Crippen molar-refractivity contribution in [3.8, 4) is 0 Å². The molecule has 1 aliphatic heterocycles. The van der Waals surface area contributed by atoms with E-state index < -0.39 is 12.8 Å². The summed E-state index contributed by atoms with van der Waals surface area (Å²) in [6, 6.07) is 0. The molecule has 1 atom stereocenters. The summed E-state index contributed by atoms with van der Waals surface area (Å²) < 4.78 is 39.4. The summed E-state index contributed by atoms with van der Waals surface area (Å²) in [5, 5.41) is 5.85. The molecule has 2 N–H and O–H groups in total. The SMILES string of the molecule is O=C(CCOCC(F)(F)F)NCC1CCNC1. The first-order valence-electron chi connectivity index (χ1n) is 5.59. The van der Waals surface area contributed by atoms with Crippen LogP contribution in [0, 0.1) is 5.92 Å². The molecule has 1 saturated heterocycles. The van der Waals surface area contributed by atoms with Crippen LogP contribution in [0.25, 0.3) is 0 Å². The van der Waals surface area contributed by atoms with Crippen molar-refractivity contribution < 1.29 is 22.7 Å². The number of rotatable bonds is 6. The van der Waals surface area contributed by atoms with E-state index in [-0.39, 0.29) is 18.9 Å². The lowest BCUT2D eigenvalue weighted by Gasteiger charge is -2.10. The van der Waals surface area contributed by atoms with Gasteiger partial charge in [0, 0.05) is 13.0 Å². The van der Waals surface area contributed by atoms with Crippen molar-refractivity contribution in [1.29, 1.82) is 0 Å². The standard InChI is InChI=1S/C10H17F3N2O2/c11-10(12,13)7-17-4-2-9(16)15-6-8-1-3-14-5-8/h8,14H,1-7H2,(H,15,16). The quantitative estimate of drug-likeness (QED) is 0.685. The molecule has 1 heterocycles. The van der Waals surface area contributed by atoms with Crippen molar-refractivity contribution in [2.75, 3.05) is 32.8 Å². The van der Waals surface area contributed by atoms with Crippen LogP contribution in [0.3, 0.4) is 0 Å². The Kier molecular flexibility index (Phi) is 5.70. The fourth-order valence-corrected chi connectivity index (χ4v) is 1.59. The number of ether oxygens (including phenoxy) is 1. The van der Waals surface area contributed by atoms with E-state index in [2.05, 4.69) is 15.4 Å². The molecule has 1 unspecified atom stereocenters. The highest BCUT2D eigenvalue weighted by atomic mass is 19.4. The topological polar surface area (TPSA) is 50.4 Å².